The zero-order valence-corrected chi connectivity index (χ0v) is 16.6. The summed E-state index contributed by atoms with van der Waals surface area (Å²) in [5.74, 6) is -0.248. The van der Waals surface area contributed by atoms with Crippen molar-refractivity contribution in [3.8, 4) is 11.1 Å². The fourth-order valence-electron chi connectivity index (χ4n) is 3.91. The van der Waals surface area contributed by atoms with Gasteiger partial charge in [0.05, 0.1) is 18.3 Å². The van der Waals surface area contributed by atoms with Gasteiger partial charge in [-0.2, -0.15) is 0 Å². The van der Waals surface area contributed by atoms with Crippen molar-refractivity contribution >= 4 is 17.5 Å². The topological polar surface area (TPSA) is 84.1 Å². The number of hydrogen-bond acceptors (Lipinski definition) is 5. The van der Waals surface area contributed by atoms with E-state index in [0.717, 1.165) is 42.6 Å². The van der Waals surface area contributed by atoms with Crippen LogP contribution in [0.25, 0.3) is 11.1 Å². The van der Waals surface area contributed by atoms with Crippen molar-refractivity contribution in [1.29, 1.82) is 0 Å². The van der Waals surface area contributed by atoms with E-state index in [1.54, 1.807) is 18.3 Å². The number of hydrogen-bond donors (Lipinski definition) is 2. The summed E-state index contributed by atoms with van der Waals surface area (Å²) in [4.78, 5) is 23.6. The summed E-state index contributed by atoms with van der Waals surface area (Å²) < 4.78 is 13.1. The lowest BCUT2D eigenvalue weighted by Crippen LogP contribution is -2.40. The van der Waals surface area contributed by atoms with E-state index in [9.17, 15) is 9.18 Å². The van der Waals surface area contributed by atoms with E-state index >= 15 is 0 Å². The van der Waals surface area contributed by atoms with Crippen LogP contribution in [0, 0.1) is 5.82 Å². The van der Waals surface area contributed by atoms with Crippen LogP contribution in [-0.4, -0.2) is 33.9 Å². The molecule has 7 heteroatoms. The van der Waals surface area contributed by atoms with Crippen LogP contribution >= 0.6 is 0 Å². The van der Waals surface area contributed by atoms with Gasteiger partial charge in [-0.15, -0.1) is 0 Å². The molecule has 1 aliphatic rings. The average molecular weight is 405 g/mol. The van der Waals surface area contributed by atoms with Crippen molar-refractivity contribution in [1.82, 2.24) is 14.9 Å². The minimum atomic E-state index is -0.334. The van der Waals surface area contributed by atoms with E-state index in [2.05, 4.69) is 20.2 Å². The van der Waals surface area contributed by atoms with Crippen LogP contribution in [0.1, 0.15) is 31.0 Å². The average Bonchev–Trinajstić information content (AvgIpc) is 2.76. The van der Waals surface area contributed by atoms with E-state index in [1.165, 1.54) is 12.1 Å². The Morgan fingerprint density at radius 1 is 1.13 bits per heavy atom. The number of piperidine rings is 1. The third kappa shape index (κ3) is 4.63. The lowest BCUT2D eigenvalue weighted by Gasteiger charge is -2.35. The molecule has 1 atom stereocenters. The highest BCUT2D eigenvalue weighted by Crippen LogP contribution is 2.35. The van der Waals surface area contributed by atoms with Crippen molar-refractivity contribution in [2.75, 3.05) is 24.1 Å². The van der Waals surface area contributed by atoms with Gasteiger partial charge in [0.15, 0.2) is 0 Å². The quantitative estimate of drug-likeness (QED) is 0.670. The molecule has 1 fully saturated rings. The second-order valence-electron chi connectivity index (χ2n) is 7.43. The van der Waals surface area contributed by atoms with Gasteiger partial charge in [0.1, 0.15) is 5.82 Å². The van der Waals surface area contributed by atoms with Gasteiger partial charge in [-0.25, -0.2) is 14.4 Å². The van der Waals surface area contributed by atoms with Crippen LogP contribution in [0.4, 0.5) is 16.0 Å². The van der Waals surface area contributed by atoms with E-state index in [0.29, 0.717) is 5.69 Å². The normalized spacial score (nSPS) is 16.9. The Labute approximate surface area is 175 Å². The molecule has 4 rings (SSSR count). The highest BCUT2D eigenvalue weighted by atomic mass is 19.1. The molecule has 1 saturated heterocycles. The van der Waals surface area contributed by atoms with E-state index in [4.69, 9.17) is 5.73 Å². The van der Waals surface area contributed by atoms with Crippen LogP contribution in [0.2, 0.25) is 0 Å². The Morgan fingerprint density at radius 3 is 2.67 bits per heavy atom. The second-order valence-corrected chi connectivity index (χ2v) is 7.43. The Bertz CT molecular complexity index is 1010. The van der Waals surface area contributed by atoms with Gasteiger partial charge in [0.25, 0.3) is 0 Å². The smallest absolute Gasteiger partial charge is 0.238 e. The highest BCUT2D eigenvalue weighted by molar-refractivity contribution is 5.92. The van der Waals surface area contributed by atoms with Gasteiger partial charge in [-0.1, -0.05) is 36.8 Å². The molecule has 0 saturated carbocycles. The van der Waals surface area contributed by atoms with Crippen molar-refractivity contribution in [3.05, 3.63) is 72.3 Å². The minimum Gasteiger partial charge on any atom is -0.368 e. The summed E-state index contributed by atoms with van der Waals surface area (Å²) in [6.45, 7) is 1.01. The summed E-state index contributed by atoms with van der Waals surface area (Å²) in [5, 5.41) is 2.84. The van der Waals surface area contributed by atoms with Crippen molar-refractivity contribution in [3.63, 3.8) is 0 Å². The number of anilines is 2. The molecule has 2 heterocycles. The first-order valence-electron chi connectivity index (χ1n) is 10.1. The van der Waals surface area contributed by atoms with Crippen molar-refractivity contribution < 1.29 is 9.18 Å². The molecule has 154 valence electrons. The molecule has 0 spiro atoms. The Kier molecular flexibility index (Phi) is 5.99. The molecule has 3 aromatic rings. The zero-order chi connectivity index (χ0) is 20.9. The maximum atomic E-state index is 13.1. The number of nitrogens with zero attached hydrogens (tertiary/aromatic N) is 3. The minimum absolute atomic E-state index is 0.0294. The summed E-state index contributed by atoms with van der Waals surface area (Å²) >= 11 is 0. The van der Waals surface area contributed by atoms with Gasteiger partial charge in [0.2, 0.25) is 11.9 Å². The first-order valence-corrected chi connectivity index (χ1v) is 10.1. The predicted octanol–water partition coefficient (Wildman–Crippen LogP) is 4.03. The first kappa shape index (κ1) is 20.0. The summed E-state index contributed by atoms with van der Waals surface area (Å²) in [7, 11) is 0. The lowest BCUT2D eigenvalue weighted by molar-refractivity contribution is -0.118. The molecule has 2 aromatic carbocycles. The number of likely N-dealkylation sites (tertiary alicyclic amines) is 1. The molecule has 3 N–H and O–H groups in total. The predicted molar refractivity (Wildman–Crippen MR) is 115 cm³/mol. The number of nitrogens with two attached hydrogens (primary N) is 1. The largest absolute Gasteiger partial charge is 0.368 e. The molecule has 1 aromatic heterocycles. The van der Waals surface area contributed by atoms with Crippen LogP contribution in [-0.2, 0) is 4.79 Å². The number of rotatable bonds is 5. The summed E-state index contributed by atoms with van der Waals surface area (Å²) in [6.07, 6.45) is 4.72. The third-order valence-electron chi connectivity index (χ3n) is 5.33. The van der Waals surface area contributed by atoms with Crippen LogP contribution in [0.3, 0.4) is 0 Å². The van der Waals surface area contributed by atoms with E-state index < -0.39 is 0 Å². The molecule has 0 aliphatic carbocycles. The Morgan fingerprint density at radius 2 is 1.90 bits per heavy atom. The SMILES string of the molecule is Nc1ncc(-c2ccccc2)c([C@@H]2CCCCN2CC(=O)Nc2ccc(F)cc2)n1. The maximum absolute atomic E-state index is 13.1. The lowest BCUT2D eigenvalue weighted by atomic mass is 9.94. The summed E-state index contributed by atoms with van der Waals surface area (Å²) in [5.41, 5.74) is 9.30. The molecule has 30 heavy (non-hydrogen) atoms. The number of halogens is 1. The number of carbonyl (C=O) groups excluding carboxylic acids is 1. The van der Waals surface area contributed by atoms with Gasteiger partial charge in [-0.05, 0) is 49.2 Å². The van der Waals surface area contributed by atoms with Gasteiger partial charge >= 0.3 is 0 Å². The molecule has 0 radical (unpaired) electrons. The van der Waals surface area contributed by atoms with Crippen LogP contribution in [0.15, 0.2) is 60.8 Å². The molecular weight excluding hydrogens is 381 g/mol. The van der Waals surface area contributed by atoms with Crippen molar-refractivity contribution in [2.45, 2.75) is 25.3 Å². The number of carbonyl (C=O) groups is 1. The molecular formula is C23H24FN5O. The Balaban J connectivity index is 1.57. The standard InChI is InChI=1S/C23H24FN5O/c24-17-9-11-18(12-10-17)27-21(30)15-29-13-5-4-8-20(29)22-19(14-26-23(25)28-22)16-6-2-1-3-7-16/h1-3,6-7,9-12,14,20H,4-5,8,13,15H2,(H,27,30)(H2,25,26,28)/t20-/m0/s1. The molecule has 1 aliphatic heterocycles. The first-order chi connectivity index (χ1) is 14.6. The number of aromatic nitrogens is 2. The molecule has 0 unspecified atom stereocenters. The number of nitrogens with one attached hydrogen (secondary N) is 1. The van der Waals surface area contributed by atoms with E-state index in [1.807, 2.05) is 30.3 Å². The molecule has 0 bridgehead atoms. The van der Waals surface area contributed by atoms with Gasteiger partial charge < -0.3 is 11.1 Å². The third-order valence-corrected chi connectivity index (χ3v) is 5.33. The fraction of sp³-hybridized carbons (Fsp3) is 0.261. The van der Waals surface area contributed by atoms with Crippen LogP contribution in [0.5, 0.6) is 0 Å². The number of benzene rings is 2. The van der Waals surface area contributed by atoms with Crippen molar-refractivity contribution in [2.24, 2.45) is 0 Å². The van der Waals surface area contributed by atoms with Gasteiger partial charge in [-0.3, -0.25) is 9.69 Å². The highest BCUT2D eigenvalue weighted by Gasteiger charge is 2.29. The second kappa shape index (κ2) is 9.00. The van der Waals surface area contributed by atoms with E-state index in [-0.39, 0.29) is 30.3 Å². The Hall–Kier alpha value is -3.32. The monoisotopic (exact) mass is 405 g/mol. The van der Waals surface area contributed by atoms with Gasteiger partial charge in [0, 0.05) is 17.4 Å². The maximum Gasteiger partial charge on any atom is 0.238 e. The summed E-state index contributed by atoms with van der Waals surface area (Å²) in [6, 6.07) is 15.7. The molecule has 6 nitrogen and oxygen atoms in total. The fourth-order valence-corrected chi connectivity index (χ4v) is 3.91. The molecule has 1 amide bonds. The number of nitrogen functional groups attached to an aromatic ring is 1. The van der Waals surface area contributed by atoms with Crippen LogP contribution < -0.4 is 11.1 Å². The zero-order valence-electron chi connectivity index (χ0n) is 16.6. The number of amides is 1.